The van der Waals surface area contributed by atoms with Crippen molar-refractivity contribution in [1.82, 2.24) is 4.90 Å². The van der Waals surface area contributed by atoms with Crippen molar-refractivity contribution in [2.24, 2.45) is 11.8 Å². The third-order valence-corrected chi connectivity index (χ3v) is 9.72. The molecule has 4 amide bonds. The first kappa shape index (κ1) is 40.1. The van der Waals surface area contributed by atoms with E-state index in [-0.39, 0.29) is 63.3 Å². The summed E-state index contributed by atoms with van der Waals surface area (Å²) in [7, 11) is 1.39. The molecule has 2 aliphatic heterocycles. The summed E-state index contributed by atoms with van der Waals surface area (Å²) >= 11 is 0. The Hall–Kier alpha value is -5.37. The van der Waals surface area contributed by atoms with E-state index in [1.165, 1.54) is 85.8 Å². The van der Waals surface area contributed by atoms with Crippen LogP contribution >= 0.6 is 0 Å². The zero-order chi connectivity index (χ0) is 32.8. The maximum atomic E-state index is 13.4. The largest absolute Gasteiger partial charge is 0.423 e. The number of imide groups is 2. The van der Waals surface area contributed by atoms with Crippen molar-refractivity contribution in [2.45, 2.75) is 75.2 Å². The number of hydrogen-bond acceptors (Lipinski definition) is 6. The van der Waals surface area contributed by atoms with E-state index in [1.54, 1.807) is 0 Å². The van der Waals surface area contributed by atoms with Crippen LogP contribution < -0.4 is 9.64 Å². The zero-order valence-corrected chi connectivity index (χ0v) is 26.3. The van der Waals surface area contributed by atoms with Crippen molar-refractivity contribution in [3.05, 3.63) is 129 Å². The molecular weight excluding hydrogens is 640 g/mol. The maximum absolute atomic E-state index is 13.4. The number of ether oxygens (including phenoxy) is 1. The summed E-state index contributed by atoms with van der Waals surface area (Å²) in [5.41, 5.74) is 5.17. The lowest BCUT2D eigenvalue weighted by Crippen LogP contribution is -2.29. The minimum atomic E-state index is -0.759. The average Bonchev–Trinajstić information content (AvgIpc) is 3.46. The van der Waals surface area contributed by atoms with Gasteiger partial charge in [-0.3, -0.25) is 24.1 Å². The first-order chi connectivity index (χ1) is 22.7. The van der Waals surface area contributed by atoms with Crippen molar-refractivity contribution >= 4 is 35.3 Å². The molecule has 0 aromatic heterocycles. The highest BCUT2D eigenvalue weighted by Gasteiger charge is 2.38. The smallest absolute Gasteiger partial charge is 0.343 e. The summed E-state index contributed by atoms with van der Waals surface area (Å²) < 4.78 is 5.46. The van der Waals surface area contributed by atoms with Crippen LogP contribution in [0.5, 0.6) is 5.75 Å². The summed E-state index contributed by atoms with van der Waals surface area (Å²) in [5, 5.41) is 0. The van der Waals surface area contributed by atoms with Gasteiger partial charge >= 0.3 is 5.97 Å². The minimum absolute atomic E-state index is 0. The van der Waals surface area contributed by atoms with E-state index in [1.807, 2.05) is 24.3 Å². The van der Waals surface area contributed by atoms with E-state index < -0.39 is 29.6 Å². The highest BCUT2D eigenvalue weighted by molar-refractivity contribution is 6.34. The number of esters is 1. The Balaban J connectivity index is 0.00000176. The predicted molar refractivity (Wildman–Crippen MR) is 203 cm³/mol. The third kappa shape index (κ3) is 7.70. The second-order valence-corrected chi connectivity index (χ2v) is 12.9. The highest BCUT2D eigenvalue weighted by Crippen LogP contribution is 2.35. The van der Waals surface area contributed by atoms with Crippen LogP contribution in [0.2, 0.25) is 0 Å². The van der Waals surface area contributed by atoms with E-state index >= 15 is 0 Å². The van der Waals surface area contributed by atoms with Crippen molar-refractivity contribution < 1.29 is 28.7 Å². The number of carbonyl (C=O) groups is 5. The number of aryl methyl sites for hydroxylation is 1. The molecule has 0 saturated heterocycles. The van der Waals surface area contributed by atoms with E-state index in [0.29, 0.717) is 11.6 Å². The molecule has 51 heavy (non-hydrogen) atoms. The minimum Gasteiger partial charge on any atom is -0.423 e. The number of fused-ring (bicyclic) bond motifs is 2. The molecule has 8 nitrogen and oxygen atoms in total. The summed E-state index contributed by atoms with van der Waals surface area (Å²) in [6.07, 6.45) is 6.96. The summed E-state index contributed by atoms with van der Waals surface area (Å²) in [6.45, 7) is 2.12. The van der Waals surface area contributed by atoms with Gasteiger partial charge in [0.05, 0.1) is 33.5 Å². The summed E-state index contributed by atoms with van der Waals surface area (Å²) in [4.78, 5) is 66.3. The Morgan fingerprint density at radius 1 is 0.608 bits per heavy atom. The molecule has 3 aliphatic rings. The molecule has 268 valence electrons. The molecule has 1 fully saturated rings. The fourth-order valence-electron chi connectivity index (χ4n) is 6.98. The summed E-state index contributed by atoms with van der Waals surface area (Å²) in [5.74, 6) is -1.18. The van der Waals surface area contributed by atoms with Crippen LogP contribution in [0.4, 0.5) is 5.69 Å². The molecule has 1 aliphatic carbocycles. The van der Waals surface area contributed by atoms with E-state index in [9.17, 15) is 24.0 Å². The van der Waals surface area contributed by atoms with Crippen LogP contribution in [0.25, 0.3) is 0 Å². The average molecular weight is 691 g/mol. The molecule has 0 radical (unpaired) electrons. The molecule has 7 rings (SSSR count). The first-order valence-electron chi connectivity index (χ1n) is 16.0. The molecule has 2 heterocycles. The van der Waals surface area contributed by atoms with Crippen LogP contribution in [-0.2, 0) is 12.8 Å². The molecule has 4 aromatic rings. The Morgan fingerprint density at radius 3 is 1.67 bits per heavy atom. The lowest BCUT2D eigenvalue weighted by molar-refractivity contribution is 0.0687. The van der Waals surface area contributed by atoms with Crippen LogP contribution in [0.15, 0.2) is 84.9 Å². The molecular formula is C43H50N2O6. The number of hydrogen-bond donors (Lipinski definition) is 0. The fraction of sp³-hybridized carbons (Fsp3) is 0.326. The number of anilines is 1. The lowest BCUT2D eigenvalue weighted by Gasteiger charge is -2.29. The van der Waals surface area contributed by atoms with Gasteiger partial charge in [0.15, 0.2) is 0 Å². The van der Waals surface area contributed by atoms with Crippen molar-refractivity contribution in [2.75, 3.05) is 11.9 Å². The van der Waals surface area contributed by atoms with E-state index in [2.05, 4.69) is 31.2 Å². The molecule has 1 saturated carbocycles. The van der Waals surface area contributed by atoms with E-state index in [4.69, 9.17) is 4.74 Å². The van der Waals surface area contributed by atoms with Crippen LogP contribution in [-0.4, -0.2) is 41.5 Å². The van der Waals surface area contributed by atoms with Gasteiger partial charge < -0.3 is 4.74 Å². The standard InChI is InChI=1S/C39H34N2O6.4CH4/c1-23-3-5-24(6-4-23)19-25-7-9-26(10-8-25)20-27-11-14-29(15-12-27)41-37(44)32-17-13-28(21-33(32)38(41)45)39(46)47-30-16-18-31-34(22-30)36(43)40(2)35(31)42;;;;/h3-6,11-18,21-22,25-26H,7-10,19-20H2,1-2H3;4*1H4. The highest BCUT2D eigenvalue weighted by atomic mass is 16.5. The monoisotopic (exact) mass is 690 g/mol. The topological polar surface area (TPSA) is 101 Å². The Morgan fingerprint density at radius 2 is 1.08 bits per heavy atom. The predicted octanol–water partition coefficient (Wildman–Crippen LogP) is 9.38. The Kier molecular flexibility index (Phi) is 12.7. The Labute approximate surface area is 302 Å². The summed E-state index contributed by atoms with van der Waals surface area (Å²) in [6, 6.07) is 24.9. The first-order valence-corrected chi connectivity index (χ1v) is 16.0. The zero-order valence-electron chi connectivity index (χ0n) is 26.3. The molecule has 0 spiro atoms. The van der Waals surface area contributed by atoms with Crippen LogP contribution in [0.3, 0.4) is 0 Å². The van der Waals surface area contributed by atoms with Crippen molar-refractivity contribution in [3.8, 4) is 5.75 Å². The fourth-order valence-corrected chi connectivity index (χ4v) is 6.98. The van der Waals surface area contributed by atoms with Gasteiger partial charge in [-0.25, -0.2) is 9.69 Å². The van der Waals surface area contributed by atoms with Crippen molar-refractivity contribution in [1.29, 1.82) is 0 Å². The van der Waals surface area contributed by atoms with Gasteiger partial charge in [-0.15, -0.1) is 0 Å². The number of nitrogens with zero attached hydrogens (tertiary/aromatic N) is 2. The molecule has 0 bridgehead atoms. The normalized spacial score (nSPS) is 17.4. The van der Waals surface area contributed by atoms with Gasteiger partial charge in [-0.2, -0.15) is 0 Å². The van der Waals surface area contributed by atoms with Crippen LogP contribution in [0.1, 0.15) is 124 Å². The van der Waals surface area contributed by atoms with Crippen molar-refractivity contribution in [3.63, 3.8) is 0 Å². The second-order valence-electron chi connectivity index (χ2n) is 12.9. The van der Waals surface area contributed by atoms with Gasteiger partial charge in [-0.1, -0.05) is 71.7 Å². The number of rotatable bonds is 7. The van der Waals surface area contributed by atoms with Gasteiger partial charge in [0.25, 0.3) is 23.6 Å². The van der Waals surface area contributed by atoms with Gasteiger partial charge in [0.1, 0.15) is 5.75 Å². The van der Waals surface area contributed by atoms with Gasteiger partial charge in [-0.05, 0) is 117 Å². The van der Waals surface area contributed by atoms with Gasteiger partial charge in [0.2, 0.25) is 0 Å². The number of amides is 4. The van der Waals surface area contributed by atoms with Crippen LogP contribution in [0, 0.1) is 18.8 Å². The molecule has 0 atom stereocenters. The molecule has 0 unspecified atom stereocenters. The third-order valence-electron chi connectivity index (χ3n) is 9.72. The van der Waals surface area contributed by atoms with Gasteiger partial charge in [0, 0.05) is 7.05 Å². The maximum Gasteiger partial charge on any atom is 0.343 e. The molecule has 0 N–H and O–H groups in total. The van der Waals surface area contributed by atoms with E-state index in [0.717, 1.165) is 28.6 Å². The number of carbonyl (C=O) groups excluding carboxylic acids is 5. The number of benzene rings is 4. The quantitative estimate of drug-likeness (QED) is 0.109. The SMILES string of the molecule is C.C.C.C.Cc1ccc(CC2CCC(Cc3ccc(N4C(=O)c5ccc(C(=O)Oc6ccc7c(c6)C(=O)N(C)C7=O)cc5C4=O)cc3)CC2)cc1. The second kappa shape index (κ2) is 16.1. The lowest BCUT2D eigenvalue weighted by atomic mass is 9.77. The molecule has 4 aromatic carbocycles. The Bertz CT molecular complexity index is 1940. The molecule has 8 heteroatoms.